The molecule has 0 unspecified atom stereocenters. The Morgan fingerprint density at radius 3 is 2.69 bits per heavy atom. The van der Waals surface area contributed by atoms with Crippen LogP contribution in [0.3, 0.4) is 0 Å². The minimum absolute atomic E-state index is 0.130. The first-order chi connectivity index (χ1) is 13.9. The number of nitrogens with zero attached hydrogens (tertiary/aromatic N) is 2. The smallest absolute Gasteiger partial charge is 0.357 e. The average molecular weight is 416 g/mol. The van der Waals surface area contributed by atoms with Crippen molar-refractivity contribution < 1.29 is 23.9 Å². The normalized spacial score (nSPS) is 15.9. The first-order valence-electron chi connectivity index (χ1n) is 8.90. The fourth-order valence-electron chi connectivity index (χ4n) is 2.90. The number of nitrogens with one attached hydrogen (secondary N) is 2. The second-order valence-electron chi connectivity index (χ2n) is 6.40. The van der Waals surface area contributed by atoms with Gasteiger partial charge in [0.25, 0.3) is 5.91 Å². The number of hydrogen-bond acceptors (Lipinski definition) is 7. The number of anilines is 1. The largest absolute Gasteiger partial charge is 0.464 e. The summed E-state index contributed by atoms with van der Waals surface area (Å²) in [6.45, 7) is 1.92. The van der Waals surface area contributed by atoms with Crippen LogP contribution in [-0.2, 0) is 20.7 Å². The van der Waals surface area contributed by atoms with Crippen molar-refractivity contribution in [3.8, 4) is 0 Å². The topological polar surface area (TPSA) is 118 Å². The first kappa shape index (κ1) is 20.5. The molecule has 29 heavy (non-hydrogen) atoms. The third kappa shape index (κ3) is 4.77. The number of rotatable bonds is 7. The molecule has 1 aromatic carbocycles. The number of methoxy groups -OCH3 is 1. The minimum atomic E-state index is -0.931. The molecule has 0 aliphatic carbocycles. The molecule has 10 heteroatoms. The van der Waals surface area contributed by atoms with Gasteiger partial charge in [-0.3, -0.25) is 14.5 Å². The number of hydrogen-bond donors (Lipinski definition) is 2. The Hall–Kier alpha value is -3.27. The second kappa shape index (κ2) is 8.82. The molecule has 2 aromatic rings. The maximum atomic E-state index is 12.5. The van der Waals surface area contributed by atoms with E-state index in [-0.39, 0.29) is 23.8 Å². The number of benzene rings is 1. The summed E-state index contributed by atoms with van der Waals surface area (Å²) < 4.78 is 4.63. The average Bonchev–Trinajstić information content (AvgIpc) is 3.19. The van der Waals surface area contributed by atoms with E-state index in [1.54, 1.807) is 6.92 Å². The quantitative estimate of drug-likeness (QED) is 0.524. The van der Waals surface area contributed by atoms with Gasteiger partial charge in [-0.2, -0.15) is 0 Å². The van der Waals surface area contributed by atoms with Crippen molar-refractivity contribution in [3.63, 3.8) is 0 Å². The van der Waals surface area contributed by atoms with Gasteiger partial charge in [-0.15, -0.1) is 11.3 Å². The predicted molar refractivity (Wildman–Crippen MR) is 106 cm³/mol. The van der Waals surface area contributed by atoms with Gasteiger partial charge in [0.15, 0.2) is 10.8 Å². The van der Waals surface area contributed by atoms with Crippen molar-refractivity contribution in [1.29, 1.82) is 0 Å². The Balaban J connectivity index is 1.56. The molecular formula is C19H20N4O5S. The highest BCUT2D eigenvalue weighted by atomic mass is 32.1. The molecule has 3 rings (SSSR count). The number of imide groups is 1. The summed E-state index contributed by atoms with van der Waals surface area (Å²) in [4.78, 5) is 54.3. The van der Waals surface area contributed by atoms with Crippen LogP contribution in [0.25, 0.3) is 0 Å². The lowest BCUT2D eigenvalue weighted by Gasteiger charge is -2.12. The van der Waals surface area contributed by atoms with E-state index in [4.69, 9.17) is 0 Å². The van der Waals surface area contributed by atoms with Crippen LogP contribution in [0.2, 0.25) is 0 Å². The highest BCUT2D eigenvalue weighted by Crippen LogP contribution is 2.23. The van der Waals surface area contributed by atoms with E-state index in [1.807, 2.05) is 30.3 Å². The highest BCUT2D eigenvalue weighted by molar-refractivity contribution is 7.16. The van der Waals surface area contributed by atoms with Crippen LogP contribution in [0.5, 0.6) is 0 Å². The van der Waals surface area contributed by atoms with E-state index >= 15 is 0 Å². The lowest BCUT2D eigenvalue weighted by molar-refractivity contribution is -0.129. The van der Waals surface area contributed by atoms with Crippen molar-refractivity contribution >= 4 is 40.3 Å². The summed E-state index contributed by atoms with van der Waals surface area (Å²) in [7, 11) is 1.25. The van der Waals surface area contributed by atoms with Crippen LogP contribution in [0.15, 0.2) is 30.3 Å². The number of aryl methyl sites for hydroxylation is 1. The molecule has 0 bridgehead atoms. The van der Waals surface area contributed by atoms with Crippen molar-refractivity contribution in [2.75, 3.05) is 19.0 Å². The van der Waals surface area contributed by atoms with Gasteiger partial charge in [0.05, 0.1) is 13.5 Å². The third-order valence-electron chi connectivity index (χ3n) is 4.39. The Kier molecular flexibility index (Phi) is 6.23. The zero-order chi connectivity index (χ0) is 21.0. The number of esters is 1. The monoisotopic (exact) mass is 416 g/mol. The Labute approximate surface area is 171 Å². The lowest BCUT2D eigenvalue weighted by Crippen LogP contribution is -2.34. The Bertz CT molecular complexity index is 943. The Morgan fingerprint density at radius 1 is 1.28 bits per heavy atom. The lowest BCUT2D eigenvalue weighted by atomic mass is 10.1. The maximum absolute atomic E-state index is 12.5. The van der Waals surface area contributed by atoms with Gasteiger partial charge in [-0.25, -0.2) is 14.6 Å². The van der Waals surface area contributed by atoms with Crippen molar-refractivity contribution in [2.45, 2.75) is 25.8 Å². The Morgan fingerprint density at radius 2 is 2.00 bits per heavy atom. The first-order valence-corrected chi connectivity index (χ1v) is 9.72. The number of urea groups is 1. The molecule has 152 valence electrons. The van der Waals surface area contributed by atoms with Gasteiger partial charge < -0.3 is 15.4 Å². The third-order valence-corrected chi connectivity index (χ3v) is 5.27. The molecular weight excluding hydrogens is 396 g/mol. The second-order valence-corrected chi connectivity index (χ2v) is 7.60. The van der Waals surface area contributed by atoms with E-state index in [1.165, 1.54) is 7.11 Å². The van der Waals surface area contributed by atoms with Crippen LogP contribution in [-0.4, -0.2) is 53.4 Å². The van der Waals surface area contributed by atoms with Gasteiger partial charge in [0, 0.05) is 11.4 Å². The van der Waals surface area contributed by atoms with Crippen LogP contribution in [0, 0.1) is 6.92 Å². The molecule has 9 nitrogen and oxygen atoms in total. The van der Waals surface area contributed by atoms with Crippen molar-refractivity contribution in [3.05, 3.63) is 46.5 Å². The summed E-state index contributed by atoms with van der Waals surface area (Å²) >= 11 is 1.13. The van der Waals surface area contributed by atoms with Crippen molar-refractivity contribution in [1.82, 2.24) is 15.2 Å². The summed E-state index contributed by atoms with van der Waals surface area (Å²) in [5.74, 6) is -1.52. The van der Waals surface area contributed by atoms with Crippen LogP contribution in [0.4, 0.5) is 9.93 Å². The van der Waals surface area contributed by atoms with E-state index < -0.39 is 29.9 Å². The number of ether oxygens (including phenoxy) is 1. The molecule has 0 spiro atoms. The summed E-state index contributed by atoms with van der Waals surface area (Å²) in [6, 6.07) is 8.07. The minimum Gasteiger partial charge on any atom is -0.464 e. The molecule has 1 aromatic heterocycles. The molecule has 2 N–H and O–H groups in total. The van der Waals surface area contributed by atoms with E-state index in [9.17, 15) is 19.2 Å². The number of aromatic nitrogens is 1. The molecule has 1 atom stereocenters. The van der Waals surface area contributed by atoms with Crippen LogP contribution in [0.1, 0.15) is 27.3 Å². The molecule has 2 heterocycles. The van der Waals surface area contributed by atoms with E-state index in [2.05, 4.69) is 20.4 Å². The van der Waals surface area contributed by atoms with Gasteiger partial charge in [0.2, 0.25) is 5.91 Å². The standard InChI is InChI=1S/C19H20N4O5S/c1-11-15(17(26)28-2)22-18(29-11)21-14(24)10-13-16(25)23(19(27)20-13)9-8-12-6-4-3-5-7-12/h3-7,13H,8-10H2,1-2H3,(H,20,27)(H,21,22,24)/t13-/m0/s1. The highest BCUT2D eigenvalue weighted by Gasteiger charge is 2.38. The van der Waals surface area contributed by atoms with Gasteiger partial charge in [-0.05, 0) is 18.9 Å². The summed E-state index contributed by atoms with van der Waals surface area (Å²) in [6.07, 6.45) is 0.312. The summed E-state index contributed by atoms with van der Waals surface area (Å²) in [5, 5.41) is 5.32. The van der Waals surface area contributed by atoms with E-state index in [0.29, 0.717) is 11.3 Å². The molecule has 1 aliphatic heterocycles. The van der Waals surface area contributed by atoms with Crippen molar-refractivity contribution in [2.24, 2.45) is 0 Å². The van der Waals surface area contributed by atoms with Crippen LogP contribution < -0.4 is 10.6 Å². The number of carbonyl (C=O) groups excluding carboxylic acids is 4. The predicted octanol–water partition coefficient (Wildman–Crippen LogP) is 1.73. The zero-order valence-electron chi connectivity index (χ0n) is 15.9. The number of thiazole rings is 1. The zero-order valence-corrected chi connectivity index (χ0v) is 16.7. The molecule has 1 saturated heterocycles. The van der Waals surface area contributed by atoms with Crippen LogP contribution >= 0.6 is 11.3 Å². The summed E-state index contributed by atoms with van der Waals surface area (Å²) in [5.41, 5.74) is 1.14. The number of carbonyl (C=O) groups is 4. The molecule has 0 saturated carbocycles. The fraction of sp³-hybridized carbons (Fsp3) is 0.316. The van der Waals surface area contributed by atoms with Gasteiger partial charge >= 0.3 is 12.0 Å². The van der Waals surface area contributed by atoms with E-state index in [0.717, 1.165) is 21.8 Å². The van der Waals surface area contributed by atoms with Gasteiger partial charge in [0.1, 0.15) is 6.04 Å². The number of amides is 4. The molecule has 1 fully saturated rings. The SMILES string of the molecule is COC(=O)c1nc(NC(=O)C[C@@H]2NC(=O)N(CCc3ccccc3)C2=O)sc1C. The molecule has 4 amide bonds. The van der Waals surface area contributed by atoms with Gasteiger partial charge in [-0.1, -0.05) is 30.3 Å². The maximum Gasteiger partial charge on any atom is 0.357 e. The molecule has 1 aliphatic rings. The molecule has 0 radical (unpaired) electrons. The fourth-order valence-corrected chi connectivity index (χ4v) is 3.72.